The molecule has 3 aliphatic heterocycles. The molecule has 0 aromatic heterocycles. The first-order valence-electron chi connectivity index (χ1n) is 8.97. The van der Waals surface area contributed by atoms with Crippen molar-refractivity contribution in [3.05, 3.63) is 0 Å². The van der Waals surface area contributed by atoms with Crippen LogP contribution in [0.3, 0.4) is 0 Å². The predicted molar refractivity (Wildman–Crippen MR) is 103 cm³/mol. The highest BCUT2D eigenvalue weighted by Gasteiger charge is 2.66. The Balaban J connectivity index is 2.03. The summed E-state index contributed by atoms with van der Waals surface area (Å²) in [5, 5.41) is 39.1. The van der Waals surface area contributed by atoms with Crippen LogP contribution in [0, 0.1) is 11.3 Å². The zero-order valence-corrected chi connectivity index (χ0v) is 17.9. The summed E-state index contributed by atoms with van der Waals surface area (Å²) >= 11 is 3.23. The van der Waals surface area contributed by atoms with E-state index >= 15 is 0 Å². The normalized spacial score (nSPS) is 37.7. The number of halogens is 1. The number of aliphatic hydroxyl groups is 3. The van der Waals surface area contributed by atoms with Crippen molar-refractivity contribution in [1.29, 1.82) is 5.41 Å². The molecule has 0 bridgehead atoms. The number of carbonyl (C=O) groups excluding carboxylic acids is 2. The number of ether oxygens (including phenoxy) is 3. The Bertz CT molecular complexity index is 809. The zero-order valence-electron chi connectivity index (χ0n) is 16.3. The second-order valence-corrected chi connectivity index (χ2v) is 8.09. The summed E-state index contributed by atoms with van der Waals surface area (Å²) in [6.45, 7) is 3.56. The summed E-state index contributed by atoms with van der Waals surface area (Å²) in [6.07, 6.45) is -3.44. The Labute approximate surface area is 179 Å². The van der Waals surface area contributed by atoms with Crippen molar-refractivity contribution in [3.8, 4) is 0 Å². The van der Waals surface area contributed by atoms with Gasteiger partial charge in [0.15, 0.2) is 18.1 Å². The van der Waals surface area contributed by atoms with Crippen LogP contribution < -0.4 is 0 Å². The Kier molecular flexibility index (Phi) is 5.90. The predicted octanol–water partition coefficient (Wildman–Crippen LogP) is -1.49. The van der Waals surface area contributed by atoms with Crippen molar-refractivity contribution in [2.75, 3.05) is 6.61 Å². The van der Waals surface area contributed by atoms with E-state index in [1.165, 1.54) is 15.2 Å². The second kappa shape index (κ2) is 7.85. The van der Waals surface area contributed by atoms with Crippen molar-refractivity contribution >= 4 is 46.6 Å². The lowest BCUT2D eigenvalue weighted by Crippen LogP contribution is -2.66. The Morgan fingerprint density at radius 3 is 2.63 bits per heavy atom. The first-order chi connectivity index (χ1) is 14.0. The van der Waals surface area contributed by atoms with Crippen molar-refractivity contribution in [1.82, 2.24) is 8.83 Å². The highest BCUT2D eigenvalue weighted by atomic mass is 79.9. The Hall–Kier alpha value is -2.13. The summed E-state index contributed by atoms with van der Waals surface area (Å²) in [6, 6.07) is 0. The minimum absolute atomic E-state index is 0.399. The molecule has 4 N–H and O–H groups in total. The van der Waals surface area contributed by atoms with Crippen molar-refractivity contribution < 1.29 is 39.1 Å². The van der Waals surface area contributed by atoms with Crippen LogP contribution >= 0.6 is 16.1 Å². The molecule has 0 radical (unpaired) electrons. The van der Waals surface area contributed by atoms with Gasteiger partial charge in [-0.25, -0.2) is 9.98 Å². The van der Waals surface area contributed by atoms with Gasteiger partial charge in [-0.1, -0.05) is 13.8 Å². The van der Waals surface area contributed by atoms with Crippen LogP contribution in [0.25, 0.3) is 0 Å². The maximum atomic E-state index is 12.3. The third kappa shape index (κ3) is 3.37. The molecule has 30 heavy (non-hydrogen) atoms. The van der Waals surface area contributed by atoms with Crippen LogP contribution in [0.4, 0.5) is 0 Å². The second-order valence-electron chi connectivity index (χ2n) is 7.27. The molecule has 1 saturated heterocycles. The van der Waals surface area contributed by atoms with Gasteiger partial charge < -0.3 is 34.4 Å². The van der Waals surface area contributed by atoms with E-state index in [-0.39, 0.29) is 0 Å². The van der Waals surface area contributed by atoms with Crippen LogP contribution in [0.1, 0.15) is 20.8 Å². The standard InChI is InChI=1S/C16H22BrN5O8/c1-7(2)11(26)30-15-12(18)19-5-22(17)13(15)21(6-20-15)14-16(27,29-8(3)24)10(25)9(4-23)28-14/h5-7,9-10,13-14,18,23,25,27H,4H2,1-3H3/t9-,10-,13?,14-,15?,16+/m1/s1. The molecule has 14 heteroatoms. The number of amidine groups is 1. The molecule has 0 saturated carbocycles. The molecule has 1 fully saturated rings. The molecule has 166 valence electrons. The van der Waals surface area contributed by atoms with Gasteiger partial charge in [0.05, 0.1) is 35.0 Å². The number of carbonyl (C=O) groups is 2. The zero-order chi connectivity index (χ0) is 22.4. The van der Waals surface area contributed by atoms with Crippen LogP contribution in [0.15, 0.2) is 9.98 Å². The lowest BCUT2D eigenvalue weighted by molar-refractivity contribution is -0.272. The summed E-state index contributed by atoms with van der Waals surface area (Å²) < 4.78 is 17.3. The number of nitrogens with one attached hydrogen (secondary N) is 1. The van der Waals surface area contributed by atoms with Crippen LogP contribution in [0.5, 0.6) is 0 Å². The number of aliphatic hydroxyl groups excluding tert-OH is 2. The Morgan fingerprint density at radius 2 is 2.07 bits per heavy atom. The average molecular weight is 492 g/mol. The smallest absolute Gasteiger partial charge is 0.311 e. The van der Waals surface area contributed by atoms with Gasteiger partial charge in [-0.15, -0.1) is 0 Å². The molecule has 0 spiro atoms. The molecule has 13 nitrogen and oxygen atoms in total. The topological polar surface area (TPSA) is 178 Å². The highest BCUT2D eigenvalue weighted by molar-refractivity contribution is 9.07. The molecule has 0 aliphatic carbocycles. The third-order valence-electron chi connectivity index (χ3n) is 4.80. The van der Waals surface area contributed by atoms with Crippen LogP contribution in [0.2, 0.25) is 0 Å². The first kappa shape index (κ1) is 22.6. The number of hydrogen-bond donors (Lipinski definition) is 4. The van der Waals surface area contributed by atoms with Crippen molar-refractivity contribution in [3.63, 3.8) is 0 Å². The number of hydrogen-bond acceptors (Lipinski definition) is 12. The maximum Gasteiger partial charge on any atom is 0.311 e. The van der Waals surface area contributed by atoms with Crippen molar-refractivity contribution in [2.24, 2.45) is 15.9 Å². The molecular weight excluding hydrogens is 470 g/mol. The van der Waals surface area contributed by atoms with Gasteiger partial charge in [-0.2, -0.15) is 0 Å². The minimum Gasteiger partial charge on any atom is -0.425 e. The largest absolute Gasteiger partial charge is 0.425 e. The number of esters is 2. The molecule has 3 heterocycles. The summed E-state index contributed by atoms with van der Waals surface area (Å²) in [7, 11) is 0. The van der Waals surface area contributed by atoms with Gasteiger partial charge in [0.2, 0.25) is 6.23 Å². The van der Waals surface area contributed by atoms with E-state index in [2.05, 4.69) is 26.1 Å². The quantitative estimate of drug-likeness (QED) is 0.201. The fourth-order valence-electron chi connectivity index (χ4n) is 3.34. The molecule has 6 atom stereocenters. The lowest BCUT2D eigenvalue weighted by atomic mass is 10.0. The summed E-state index contributed by atoms with van der Waals surface area (Å²) in [5.41, 5.74) is -1.93. The van der Waals surface area contributed by atoms with Crippen LogP contribution in [-0.4, -0.2) is 97.3 Å². The summed E-state index contributed by atoms with van der Waals surface area (Å²) in [5.74, 6) is -5.09. The molecule has 0 amide bonds. The monoisotopic (exact) mass is 491 g/mol. The fourth-order valence-corrected chi connectivity index (χ4v) is 3.92. The maximum absolute atomic E-state index is 12.3. The van der Waals surface area contributed by atoms with Gasteiger partial charge in [0.25, 0.3) is 5.79 Å². The van der Waals surface area contributed by atoms with Crippen LogP contribution in [-0.2, 0) is 23.8 Å². The number of nitrogens with zero attached hydrogens (tertiary/aromatic N) is 4. The minimum atomic E-state index is -2.59. The van der Waals surface area contributed by atoms with Gasteiger partial charge in [0, 0.05) is 6.92 Å². The molecule has 0 aromatic carbocycles. The summed E-state index contributed by atoms with van der Waals surface area (Å²) in [4.78, 5) is 33.1. The lowest BCUT2D eigenvalue weighted by Gasteiger charge is -2.44. The van der Waals surface area contributed by atoms with Gasteiger partial charge in [-0.05, 0) is 0 Å². The average Bonchev–Trinajstić information content (AvgIpc) is 3.15. The number of fused-ring (bicyclic) bond motifs is 1. The van der Waals surface area contributed by atoms with E-state index in [4.69, 9.17) is 19.6 Å². The fraction of sp³-hybridized carbons (Fsp3) is 0.688. The molecular formula is C16H22BrN5O8. The number of aliphatic imine (C=N–C) groups is 2. The molecule has 2 unspecified atom stereocenters. The molecule has 3 rings (SSSR count). The molecule has 0 aromatic rings. The third-order valence-corrected chi connectivity index (χ3v) is 5.38. The SMILES string of the molecule is CC(=O)O[C@@]1(O)[C@H](O)[C@@H](CO)O[C@H]1N1C=NC2(OC(=O)C(C)C)C(=N)N=CN(Br)C12. The van der Waals surface area contributed by atoms with Gasteiger partial charge in [0.1, 0.15) is 12.4 Å². The van der Waals surface area contributed by atoms with E-state index in [9.17, 15) is 24.9 Å². The molecule has 3 aliphatic rings. The van der Waals surface area contributed by atoms with E-state index in [0.717, 1.165) is 13.3 Å². The number of rotatable bonds is 5. The van der Waals surface area contributed by atoms with E-state index in [0.29, 0.717) is 0 Å². The van der Waals surface area contributed by atoms with Gasteiger partial charge in [-0.3, -0.25) is 18.9 Å². The van der Waals surface area contributed by atoms with Gasteiger partial charge >= 0.3 is 17.7 Å². The van der Waals surface area contributed by atoms with Crippen molar-refractivity contribution in [2.45, 2.75) is 56.9 Å². The first-order valence-corrected chi connectivity index (χ1v) is 9.68. The van der Waals surface area contributed by atoms with E-state index in [1.54, 1.807) is 13.8 Å². The van der Waals surface area contributed by atoms with E-state index < -0.39 is 66.4 Å². The highest BCUT2D eigenvalue weighted by Crippen LogP contribution is 2.42. The Morgan fingerprint density at radius 1 is 1.40 bits per heavy atom. The van der Waals surface area contributed by atoms with E-state index in [1.807, 2.05) is 0 Å².